The predicted molar refractivity (Wildman–Crippen MR) is 66.0 cm³/mol. The van der Waals surface area contributed by atoms with Crippen molar-refractivity contribution in [3.8, 4) is 0 Å². The third-order valence-corrected chi connectivity index (χ3v) is 8.17. The summed E-state index contributed by atoms with van der Waals surface area (Å²) in [5, 5.41) is 5.29. The Morgan fingerprint density at radius 3 is 2.08 bits per heavy atom. The van der Waals surface area contributed by atoms with E-state index in [0.29, 0.717) is 13.2 Å². The first kappa shape index (κ1) is 13.7. The van der Waals surface area contributed by atoms with Crippen molar-refractivity contribution >= 4 is 38.9 Å². The van der Waals surface area contributed by atoms with Crippen LogP contribution >= 0.6 is 27.1 Å². The highest BCUT2D eigenvalue weighted by atomic mass is 33.4. The number of hydrogen-bond donors (Lipinski definition) is 1. The molecule has 0 aromatic heterocycles. The van der Waals surface area contributed by atoms with Crippen molar-refractivity contribution in [1.29, 1.82) is 0 Å². The number of hydrogen-bond acceptors (Lipinski definition) is 6. The maximum atomic E-state index is 5.32. The highest BCUT2D eigenvalue weighted by molar-refractivity contribution is 9.02. The molecule has 0 saturated heterocycles. The molecule has 0 saturated carbocycles. The Hall–Kier alpha value is 0.710. The number of rotatable bonds is 8. The molecule has 0 aliphatic heterocycles. The quantitative estimate of drug-likeness (QED) is 0.312. The van der Waals surface area contributed by atoms with Crippen molar-refractivity contribution in [1.82, 2.24) is 0 Å². The van der Waals surface area contributed by atoms with Gasteiger partial charge in [0.25, 0.3) is 5.69 Å². The zero-order valence-corrected chi connectivity index (χ0v) is 10.4. The molecular formula is C6H12NO2PS3. The van der Waals surface area contributed by atoms with E-state index in [1.54, 1.807) is 12.2 Å². The summed E-state index contributed by atoms with van der Waals surface area (Å²) in [5.41, 5.74) is -2.31. The van der Waals surface area contributed by atoms with Gasteiger partial charge in [0.15, 0.2) is 0 Å². The monoisotopic (exact) mass is 257 g/mol. The Morgan fingerprint density at radius 1 is 1.31 bits per heavy atom. The fourth-order valence-electron chi connectivity index (χ4n) is 0.421. The summed E-state index contributed by atoms with van der Waals surface area (Å²) in [5.74, 6) is 0. The van der Waals surface area contributed by atoms with Gasteiger partial charge in [-0.15, -0.1) is 13.2 Å². The topological polar surface area (TPSA) is 44.5 Å². The lowest BCUT2D eigenvalue weighted by Crippen LogP contribution is -1.92. The van der Waals surface area contributed by atoms with Crippen LogP contribution in [0.25, 0.3) is 0 Å². The summed E-state index contributed by atoms with van der Waals surface area (Å²) < 4.78 is 10.6. The Balaban J connectivity index is 4.06. The lowest BCUT2D eigenvalue weighted by Gasteiger charge is -2.17. The summed E-state index contributed by atoms with van der Waals surface area (Å²) in [6.07, 6.45) is 3.25. The first-order valence-corrected chi connectivity index (χ1v) is 8.80. The van der Waals surface area contributed by atoms with E-state index in [0.717, 1.165) is 11.0 Å². The normalized spacial score (nSPS) is 11.2. The van der Waals surface area contributed by atoms with Gasteiger partial charge in [-0.05, 0) is 22.8 Å². The SMILES string of the molecule is C=CCOP(=S)(OCC=C)SSN. The van der Waals surface area contributed by atoms with Gasteiger partial charge in [0.05, 0.1) is 13.2 Å². The van der Waals surface area contributed by atoms with E-state index in [-0.39, 0.29) is 0 Å². The van der Waals surface area contributed by atoms with Gasteiger partial charge in [0.1, 0.15) is 0 Å². The van der Waals surface area contributed by atoms with Crippen LogP contribution in [0.2, 0.25) is 0 Å². The second-order valence-corrected chi connectivity index (χ2v) is 9.48. The Morgan fingerprint density at radius 2 is 1.77 bits per heavy atom. The molecule has 0 aliphatic carbocycles. The smallest absolute Gasteiger partial charge is 0.259 e. The molecule has 0 atom stereocenters. The van der Waals surface area contributed by atoms with Crippen molar-refractivity contribution in [2.75, 3.05) is 13.2 Å². The fourth-order valence-corrected chi connectivity index (χ4v) is 5.24. The van der Waals surface area contributed by atoms with E-state index in [1.165, 1.54) is 10.4 Å². The van der Waals surface area contributed by atoms with Crippen LogP contribution < -0.4 is 5.14 Å². The molecule has 2 N–H and O–H groups in total. The Kier molecular flexibility index (Phi) is 8.49. The van der Waals surface area contributed by atoms with Gasteiger partial charge in [0.2, 0.25) is 0 Å². The van der Waals surface area contributed by atoms with Crippen molar-refractivity contribution in [2.24, 2.45) is 5.14 Å². The summed E-state index contributed by atoms with van der Waals surface area (Å²) in [6.45, 7) is 7.81. The lowest BCUT2D eigenvalue weighted by atomic mass is 10.7. The largest absolute Gasteiger partial charge is 0.317 e. The molecule has 0 aromatic rings. The van der Waals surface area contributed by atoms with E-state index in [9.17, 15) is 0 Å². The van der Waals surface area contributed by atoms with Gasteiger partial charge >= 0.3 is 0 Å². The van der Waals surface area contributed by atoms with E-state index < -0.39 is 5.69 Å². The maximum absolute atomic E-state index is 5.32. The Bertz CT molecular complexity index is 196. The standard InChI is InChI=1S/C6H12NO2PS3/c1-3-5-8-10(11,13-12-7)9-6-4-2/h3-4H,1-2,5-7H2. The van der Waals surface area contributed by atoms with Crippen LogP contribution in [0.15, 0.2) is 25.3 Å². The zero-order chi connectivity index (χ0) is 10.2. The van der Waals surface area contributed by atoms with Gasteiger partial charge < -0.3 is 9.05 Å². The van der Waals surface area contributed by atoms with Crippen LogP contribution in [0.1, 0.15) is 0 Å². The van der Waals surface area contributed by atoms with Gasteiger partial charge in [-0.2, -0.15) is 0 Å². The Labute approximate surface area is 91.6 Å². The fraction of sp³-hybridized carbons (Fsp3) is 0.333. The molecule has 0 spiro atoms. The van der Waals surface area contributed by atoms with Gasteiger partial charge in [0, 0.05) is 10.4 Å². The van der Waals surface area contributed by atoms with Crippen LogP contribution in [0.4, 0.5) is 0 Å². The predicted octanol–water partition coefficient (Wildman–Crippen LogP) is 2.87. The molecule has 0 rings (SSSR count). The summed E-state index contributed by atoms with van der Waals surface area (Å²) in [4.78, 5) is 0. The van der Waals surface area contributed by atoms with E-state index in [2.05, 4.69) is 13.2 Å². The zero-order valence-electron chi connectivity index (χ0n) is 7.05. The molecule has 13 heavy (non-hydrogen) atoms. The average Bonchev–Trinajstić information content (AvgIpc) is 2.12. The van der Waals surface area contributed by atoms with Crippen LogP contribution in [0.5, 0.6) is 0 Å². The van der Waals surface area contributed by atoms with Crippen LogP contribution in [-0.2, 0) is 20.9 Å². The van der Waals surface area contributed by atoms with Crippen LogP contribution in [-0.4, -0.2) is 13.2 Å². The molecule has 0 radical (unpaired) electrons. The van der Waals surface area contributed by atoms with Gasteiger partial charge in [-0.3, -0.25) is 5.14 Å². The van der Waals surface area contributed by atoms with Crippen LogP contribution in [0, 0.1) is 0 Å². The number of nitrogens with two attached hydrogens (primary N) is 1. The minimum atomic E-state index is -2.31. The highest BCUT2D eigenvalue weighted by Crippen LogP contribution is 2.64. The average molecular weight is 257 g/mol. The lowest BCUT2D eigenvalue weighted by molar-refractivity contribution is 0.303. The molecule has 76 valence electrons. The second kappa shape index (κ2) is 8.05. The summed E-state index contributed by atoms with van der Waals surface area (Å²) in [7, 11) is 2.29. The minimum absolute atomic E-state index is 0.377. The highest BCUT2D eigenvalue weighted by Gasteiger charge is 2.18. The van der Waals surface area contributed by atoms with Crippen molar-refractivity contribution in [3.05, 3.63) is 25.3 Å². The third-order valence-electron chi connectivity index (χ3n) is 0.835. The van der Waals surface area contributed by atoms with E-state index in [1.807, 2.05) is 0 Å². The second-order valence-electron chi connectivity index (χ2n) is 1.79. The van der Waals surface area contributed by atoms with E-state index >= 15 is 0 Å². The molecular weight excluding hydrogens is 245 g/mol. The van der Waals surface area contributed by atoms with Crippen molar-refractivity contribution in [2.45, 2.75) is 0 Å². The van der Waals surface area contributed by atoms with E-state index in [4.69, 9.17) is 26.0 Å². The molecule has 0 heterocycles. The van der Waals surface area contributed by atoms with Crippen molar-refractivity contribution in [3.63, 3.8) is 0 Å². The molecule has 7 heteroatoms. The molecule has 0 aromatic carbocycles. The van der Waals surface area contributed by atoms with Crippen molar-refractivity contribution < 1.29 is 9.05 Å². The van der Waals surface area contributed by atoms with Gasteiger partial charge in [-0.1, -0.05) is 12.2 Å². The first-order chi connectivity index (χ1) is 6.18. The minimum Gasteiger partial charge on any atom is -0.317 e. The molecule has 0 fully saturated rings. The first-order valence-electron chi connectivity index (χ1n) is 3.34. The third kappa shape index (κ3) is 6.74. The molecule has 0 amide bonds. The molecule has 0 bridgehead atoms. The molecule has 0 aliphatic rings. The maximum Gasteiger partial charge on any atom is 0.259 e. The molecule has 3 nitrogen and oxygen atoms in total. The van der Waals surface area contributed by atoms with Crippen LogP contribution in [0.3, 0.4) is 0 Å². The summed E-state index contributed by atoms with van der Waals surface area (Å²) in [6, 6.07) is 0. The molecule has 0 unspecified atom stereocenters. The summed E-state index contributed by atoms with van der Waals surface area (Å²) >= 11 is 5.17. The van der Waals surface area contributed by atoms with Gasteiger partial charge in [-0.25, -0.2) is 0 Å².